The van der Waals surface area contributed by atoms with Crippen LogP contribution in [0.2, 0.25) is 0 Å². The molecule has 2 atom stereocenters. The smallest absolute Gasteiger partial charge is 0.0705 e. The average Bonchev–Trinajstić information content (AvgIpc) is 2.85. The lowest BCUT2D eigenvalue weighted by atomic mass is 10.1. The molecule has 0 amide bonds. The fourth-order valence-electron chi connectivity index (χ4n) is 2.92. The predicted molar refractivity (Wildman–Crippen MR) is 80.4 cm³/mol. The van der Waals surface area contributed by atoms with E-state index in [9.17, 15) is 0 Å². The Morgan fingerprint density at radius 1 is 1.21 bits per heavy atom. The van der Waals surface area contributed by atoms with Gasteiger partial charge in [0, 0.05) is 23.5 Å². The second-order valence-electron chi connectivity index (χ2n) is 5.33. The minimum Gasteiger partial charge on any atom is -0.312 e. The van der Waals surface area contributed by atoms with E-state index in [0.717, 1.165) is 18.6 Å². The minimum absolute atomic E-state index is 0.363. The van der Waals surface area contributed by atoms with Crippen LogP contribution in [-0.2, 0) is 6.54 Å². The van der Waals surface area contributed by atoms with Crippen molar-refractivity contribution in [3.8, 4) is 0 Å². The van der Waals surface area contributed by atoms with Crippen LogP contribution in [0.3, 0.4) is 0 Å². The number of para-hydroxylation sites is 1. The zero-order chi connectivity index (χ0) is 13.1. The summed E-state index contributed by atoms with van der Waals surface area (Å²) in [5.74, 6) is 0.634. The molecule has 1 aromatic carbocycles. The molecule has 3 heteroatoms. The maximum absolute atomic E-state index is 6.31. The first-order valence-corrected chi connectivity index (χ1v) is 7.45. The van der Waals surface area contributed by atoms with Crippen molar-refractivity contribution in [2.45, 2.75) is 31.2 Å². The van der Waals surface area contributed by atoms with Crippen molar-refractivity contribution in [3.63, 3.8) is 0 Å². The number of pyridine rings is 1. The summed E-state index contributed by atoms with van der Waals surface area (Å²) in [4.78, 5) is 4.39. The van der Waals surface area contributed by atoms with Crippen LogP contribution in [0, 0.1) is 5.92 Å². The lowest BCUT2D eigenvalue weighted by molar-refractivity contribution is 0.494. The first kappa shape index (κ1) is 12.9. The molecule has 1 aliphatic carbocycles. The largest absolute Gasteiger partial charge is 0.312 e. The van der Waals surface area contributed by atoms with Gasteiger partial charge in [0.25, 0.3) is 0 Å². The molecule has 1 heterocycles. The summed E-state index contributed by atoms with van der Waals surface area (Å²) in [5.41, 5.74) is 2.38. The van der Waals surface area contributed by atoms with Crippen molar-refractivity contribution in [2.24, 2.45) is 5.92 Å². The highest BCUT2D eigenvalue weighted by Crippen LogP contribution is 2.29. The number of benzene rings is 1. The van der Waals surface area contributed by atoms with Gasteiger partial charge in [-0.15, -0.1) is 11.6 Å². The van der Waals surface area contributed by atoms with E-state index in [4.69, 9.17) is 11.6 Å². The van der Waals surface area contributed by atoms with Crippen LogP contribution < -0.4 is 5.32 Å². The summed E-state index contributed by atoms with van der Waals surface area (Å²) < 4.78 is 0. The third kappa shape index (κ3) is 2.90. The molecule has 1 aromatic heterocycles. The molecule has 1 N–H and O–H groups in total. The monoisotopic (exact) mass is 274 g/mol. The summed E-state index contributed by atoms with van der Waals surface area (Å²) in [6, 6.07) is 10.4. The van der Waals surface area contributed by atoms with E-state index >= 15 is 0 Å². The normalized spacial score (nSPS) is 23.0. The molecule has 0 bridgehead atoms. The highest BCUT2D eigenvalue weighted by molar-refractivity contribution is 6.20. The third-order valence-electron chi connectivity index (χ3n) is 4.03. The van der Waals surface area contributed by atoms with Gasteiger partial charge in [-0.05, 0) is 43.0 Å². The number of nitrogens with one attached hydrogen (secondary N) is 1. The van der Waals surface area contributed by atoms with Crippen LogP contribution in [0.1, 0.15) is 24.8 Å². The minimum atomic E-state index is 0.363. The second-order valence-corrected chi connectivity index (χ2v) is 5.89. The summed E-state index contributed by atoms with van der Waals surface area (Å²) in [6.07, 6.45) is 5.60. The molecule has 0 aliphatic heterocycles. The van der Waals surface area contributed by atoms with Gasteiger partial charge in [-0.2, -0.15) is 0 Å². The molecule has 2 aromatic rings. The molecule has 1 saturated carbocycles. The number of fused-ring (bicyclic) bond motifs is 1. The SMILES string of the molecule is ClC1CCCC1CNCc1ccnc2ccccc12. The highest BCUT2D eigenvalue weighted by Gasteiger charge is 2.24. The first-order chi connectivity index (χ1) is 9.34. The van der Waals surface area contributed by atoms with Crippen molar-refractivity contribution in [3.05, 3.63) is 42.1 Å². The predicted octanol–water partition coefficient (Wildman–Crippen LogP) is 3.73. The molecule has 1 fully saturated rings. The number of aromatic nitrogens is 1. The van der Waals surface area contributed by atoms with E-state index in [1.54, 1.807) is 0 Å². The lowest BCUT2D eigenvalue weighted by Gasteiger charge is -2.15. The van der Waals surface area contributed by atoms with Crippen LogP contribution in [-0.4, -0.2) is 16.9 Å². The van der Waals surface area contributed by atoms with Gasteiger partial charge in [0.1, 0.15) is 0 Å². The maximum atomic E-state index is 6.31. The van der Waals surface area contributed by atoms with Gasteiger partial charge >= 0.3 is 0 Å². The van der Waals surface area contributed by atoms with E-state index < -0.39 is 0 Å². The standard InChI is InChI=1S/C16H19ClN2/c17-15-6-3-4-13(15)11-18-10-12-8-9-19-16-7-2-1-5-14(12)16/h1-2,5,7-9,13,15,18H,3-4,6,10-11H2. The van der Waals surface area contributed by atoms with Crippen LogP contribution in [0.15, 0.2) is 36.5 Å². The van der Waals surface area contributed by atoms with Crippen molar-refractivity contribution < 1.29 is 0 Å². The Kier molecular flexibility index (Phi) is 4.00. The molecule has 19 heavy (non-hydrogen) atoms. The third-order valence-corrected chi connectivity index (χ3v) is 4.60. The van der Waals surface area contributed by atoms with Gasteiger partial charge in [0.05, 0.1) is 5.52 Å². The van der Waals surface area contributed by atoms with Gasteiger partial charge in [0.2, 0.25) is 0 Å². The number of nitrogens with zero attached hydrogens (tertiary/aromatic N) is 1. The van der Waals surface area contributed by atoms with E-state index in [-0.39, 0.29) is 0 Å². The van der Waals surface area contributed by atoms with Gasteiger partial charge in [-0.1, -0.05) is 24.6 Å². The van der Waals surface area contributed by atoms with Gasteiger partial charge < -0.3 is 5.32 Å². The molecule has 0 radical (unpaired) electrons. The Bertz CT molecular complexity index is 550. The zero-order valence-electron chi connectivity index (χ0n) is 11.0. The lowest BCUT2D eigenvalue weighted by Crippen LogP contribution is -2.25. The van der Waals surface area contributed by atoms with E-state index in [0.29, 0.717) is 11.3 Å². The van der Waals surface area contributed by atoms with E-state index in [2.05, 4.69) is 34.6 Å². The van der Waals surface area contributed by atoms with Gasteiger partial charge in [0.15, 0.2) is 0 Å². The zero-order valence-corrected chi connectivity index (χ0v) is 11.7. The Morgan fingerprint density at radius 3 is 2.95 bits per heavy atom. The van der Waals surface area contributed by atoms with E-state index in [1.807, 2.05) is 12.3 Å². The Labute approximate surface area is 119 Å². The average molecular weight is 275 g/mol. The Balaban J connectivity index is 1.65. The summed E-state index contributed by atoms with van der Waals surface area (Å²) in [7, 11) is 0. The molecular formula is C16H19ClN2. The fourth-order valence-corrected chi connectivity index (χ4v) is 3.29. The van der Waals surface area contributed by atoms with Gasteiger partial charge in [-0.25, -0.2) is 0 Å². The van der Waals surface area contributed by atoms with E-state index in [1.165, 1.54) is 30.2 Å². The van der Waals surface area contributed by atoms with Crippen LogP contribution in [0.25, 0.3) is 10.9 Å². The molecule has 1 aliphatic rings. The maximum Gasteiger partial charge on any atom is 0.0705 e. The van der Waals surface area contributed by atoms with Crippen LogP contribution >= 0.6 is 11.6 Å². The molecule has 3 rings (SSSR count). The van der Waals surface area contributed by atoms with Crippen LogP contribution in [0.5, 0.6) is 0 Å². The van der Waals surface area contributed by atoms with Crippen molar-refractivity contribution in [2.75, 3.05) is 6.54 Å². The number of hydrogen-bond acceptors (Lipinski definition) is 2. The highest BCUT2D eigenvalue weighted by atomic mass is 35.5. The number of hydrogen-bond donors (Lipinski definition) is 1. The number of alkyl halides is 1. The van der Waals surface area contributed by atoms with Crippen molar-refractivity contribution >= 4 is 22.5 Å². The fraction of sp³-hybridized carbons (Fsp3) is 0.438. The van der Waals surface area contributed by atoms with Gasteiger partial charge in [-0.3, -0.25) is 4.98 Å². The summed E-state index contributed by atoms with van der Waals surface area (Å²) >= 11 is 6.31. The van der Waals surface area contributed by atoms with Crippen molar-refractivity contribution in [1.82, 2.24) is 10.3 Å². The Hall–Kier alpha value is -1.12. The topological polar surface area (TPSA) is 24.9 Å². The second kappa shape index (κ2) is 5.89. The molecule has 2 unspecified atom stereocenters. The molecule has 0 spiro atoms. The summed E-state index contributed by atoms with van der Waals surface area (Å²) in [6.45, 7) is 1.91. The molecule has 2 nitrogen and oxygen atoms in total. The number of halogens is 1. The quantitative estimate of drug-likeness (QED) is 0.860. The van der Waals surface area contributed by atoms with Crippen LogP contribution in [0.4, 0.5) is 0 Å². The Morgan fingerprint density at radius 2 is 2.11 bits per heavy atom. The first-order valence-electron chi connectivity index (χ1n) is 7.02. The van der Waals surface area contributed by atoms with Crippen molar-refractivity contribution in [1.29, 1.82) is 0 Å². The molecular weight excluding hydrogens is 256 g/mol. The summed E-state index contributed by atoms with van der Waals surface area (Å²) in [5, 5.41) is 5.16. The number of rotatable bonds is 4. The molecule has 100 valence electrons. The molecule has 0 saturated heterocycles.